The van der Waals surface area contributed by atoms with E-state index >= 15 is 0 Å². The molecule has 0 heterocycles. The van der Waals surface area contributed by atoms with Crippen molar-refractivity contribution in [2.45, 2.75) is 64.8 Å². The molecule has 4 nitrogen and oxygen atoms in total. The number of rotatable bonds is 12. The van der Waals surface area contributed by atoms with Crippen molar-refractivity contribution in [1.29, 1.82) is 0 Å². The van der Waals surface area contributed by atoms with Gasteiger partial charge in [-0.15, -0.1) is 0 Å². The molecule has 150 valence electrons. The number of carbonyl (C=O) groups excluding carboxylic acids is 2. The molecular formula is C24H30O4. The minimum atomic E-state index is -0.740. The minimum absolute atomic E-state index is 0.137. The van der Waals surface area contributed by atoms with Crippen LogP contribution >= 0.6 is 0 Å². The van der Waals surface area contributed by atoms with Gasteiger partial charge in [0.15, 0.2) is 0 Å². The topological polar surface area (TPSA) is 52.6 Å². The van der Waals surface area contributed by atoms with Crippen molar-refractivity contribution in [3.05, 3.63) is 71.8 Å². The molecule has 2 aromatic rings. The number of Topliss-reactive ketones (excluding diaryl/α,β-unsaturated/α-hetero) is 1. The molecule has 0 unspecified atom stereocenters. The summed E-state index contributed by atoms with van der Waals surface area (Å²) in [5.74, 6) is -1.19. The fraction of sp³-hybridized carbons (Fsp3) is 0.417. The van der Waals surface area contributed by atoms with Gasteiger partial charge >= 0.3 is 5.97 Å². The van der Waals surface area contributed by atoms with Crippen LogP contribution in [0.3, 0.4) is 0 Å². The van der Waals surface area contributed by atoms with Crippen LogP contribution in [0.15, 0.2) is 60.7 Å². The van der Waals surface area contributed by atoms with Crippen molar-refractivity contribution in [3.8, 4) is 0 Å². The number of carbonyl (C=O) groups is 2. The Labute approximate surface area is 167 Å². The summed E-state index contributed by atoms with van der Waals surface area (Å²) >= 11 is 0. The third-order valence-corrected chi connectivity index (χ3v) is 4.60. The molecule has 0 spiro atoms. The molecule has 0 aliphatic rings. The molecule has 28 heavy (non-hydrogen) atoms. The van der Waals surface area contributed by atoms with Gasteiger partial charge in [-0.2, -0.15) is 0 Å². The number of ketones is 1. The highest BCUT2D eigenvalue weighted by atomic mass is 16.5. The second kappa shape index (κ2) is 11.4. The molecule has 0 saturated carbocycles. The minimum Gasteiger partial charge on any atom is -0.455 e. The summed E-state index contributed by atoms with van der Waals surface area (Å²) < 4.78 is 11.1. The summed E-state index contributed by atoms with van der Waals surface area (Å²) in [6.45, 7) is 4.90. The lowest BCUT2D eigenvalue weighted by Crippen LogP contribution is -2.24. The van der Waals surface area contributed by atoms with E-state index in [4.69, 9.17) is 9.47 Å². The Kier molecular flexibility index (Phi) is 8.89. The Morgan fingerprint density at radius 1 is 0.786 bits per heavy atom. The van der Waals surface area contributed by atoms with E-state index in [-0.39, 0.29) is 18.6 Å². The normalized spacial score (nSPS) is 11.2. The van der Waals surface area contributed by atoms with Crippen LogP contribution in [0.25, 0.3) is 0 Å². The highest BCUT2D eigenvalue weighted by molar-refractivity contribution is 6.33. The molecule has 0 saturated heterocycles. The number of ether oxygens (including phenoxy) is 2. The lowest BCUT2D eigenvalue weighted by Gasteiger charge is -2.25. The smallest absolute Gasteiger partial charge is 0.374 e. The van der Waals surface area contributed by atoms with Gasteiger partial charge in [-0.3, -0.25) is 4.79 Å². The number of hydrogen-bond donors (Lipinski definition) is 0. The van der Waals surface area contributed by atoms with Crippen molar-refractivity contribution in [1.82, 2.24) is 0 Å². The van der Waals surface area contributed by atoms with E-state index in [2.05, 4.69) is 26.0 Å². The molecule has 0 aliphatic carbocycles. The van der Waals surface area contributed by atoms with Crippen LogP contribution in [0.4, 0.5) is 0 Å². The van der Waals surface area contributed by atoms with E-state index in [0.29, 0.717) is 13.0 Å². The van der Waals surface area contributed by atoms with Gasteiger partial charge in [0, 0.05) is 6.42 Å². The summed E-state index contributed by atoms with van der Waals surface area (Å²) in [5, 5.41) is 0. The maximum absolute atomic E-state index is 11.9. The van der Waals surface area contributed by atoms with Crippen LogP contribution in [0.2, 0.25) is 0 Å². The molecular weight excluding hydrogens is 352 g/mol. The van der Waals surface area contributed by atoms with Crippen molar-refractivity contribution in [2.75, 3.05) is 0 Å². The number of esters is 1. The van der Waals surface area contributed by atoms with Crippen molar-refractivity contribution >= 4 is 11.8 Å². The van der Waals surface area contributed by atoms with Crippen molar-refractivity contribution < 1.29 is 19.1 Å². The van der Waals surface area contributed by atoms with Gasteiger partial charge in [-0.1, -0.05) is 73.5 Å². The molecule has 0 fully saturated rings. The monoisotopic (exact) mass is 382 g/mol. The van der Waals surface area contributed by atoms with Gasteiger partial charge in [0.25, 0.3) is 0 Å². The van der Waals surface area contributed by atoms with E-state index < -0.39 is 11.8 Å². The first-order valence-electron chi connectivity index (χ1n) is 9.88. The Hall–Kier alpha value is -2.46. The first kappa shape index (κ1) is 21.8. The molecule has 0 atom stereocenters. The molecule has 0 radical (unpaired) electrons. The zero-order valence-corrected chi connectivity index (χ0v) is 16.9. The van der Waals surface area contributed by atoms with E-state index in [0.717, 1.165) is 30.4 Å². The molecule has 4 heteroatoms. The Bertz CT molecular complexity index is 723. The van der Waals surface area contributed by atoms with Gasteiger partial charge in [0.1, 0.15) is 6.61 Å². The van der Waals surface area contributed by atoms with Crippen molar-refractivity contribution in [3.63, 3.8) is 0 Å². The molecule has 2 aromatic carbocycles. The van der Waals surface area contributed by atoms with Gasteiger partial charge in [0.05, 0.1) is 12.2 Å². The maximum Gasteiger partial charge on any atom is 0.374 e. The fourth-order valence-electron chi connectivity index (χ4n) is 2.84. The van der Waals surface area contributed by atoms with Gasteiger partial charge < -0.3 is 9.47 Å². The average Bonchev–Trinajstić information content (AvgIpc) is 2.71. The SMILES string of the molecule is CC(C)(CCCCCC(=O)C(=O)OCc1ccccc1)OCc1ccccc1. The number of benzene rings is 2. The van der Waals surface area contributed by atoms with Crippen LogP contribution in [0.1, 0.15) is 57.1 Å². The lowest BCUT2D eigenvalue weighted by molar-refractivity contribution is -0.154. The molecule has 0 aromatic heterocycles. The molecule has 0 amide bonds. The zero-order chi connectivity index (χ0) is 20.2. The Balaban J connectivity index is 1.57. The number of unbranched alkanes of at least 4 members (excludes halogenated alkanes) is 2. The summed E-state index contributed by atoms with van der Waals surface area (Å²) in [5.41, 5.74) is 1.82. The Morgan fingerprint density at radius 3 is 1.96 bits per heavy atom. The third kappa shape index (κ3) is 8.49. The second-order valence-corrected chi connectivity index (χ2v) is 7.58. The lowest BCUT2D eigenvalue weighted by atomic mass is 9.99. The van der Waals surface area contributed by atoms with Crippen LogP contribution < -0.4 is 0 Å². The largest absolute Gasteiger partial charge is 0.455 e. The van der Waals surface area contributed by atoms with Crippen LogP contribution in [0.5, 0.6) is 0 Å². The van der Waals surface area contributed by atoms with Gasteiger partial charge in [-0.05, 0) is 37.8 Å². The van der Waals surface area contributed by atoms with Gasteiger partial charge in [0.2, 0.25) is 5.78 Å². The maximum atomic E-state index is 11.9. The summed E-state index contributed by atoms with van der Waals surface area (Å²) in [4.78, 5) is 23.7. The predicted octanol–water partition coefficient (Wildman–Crippen LogP) is 5.24. The third-order valence-electron chi connectivity index (χ3n) is 4.60. The summed E-state index contributed by atoms with van der Waals surface area (Å²) in [7, 11) is 0. The first-order chi connectivity index (χ1) is 13.5. The standard InChI is InChI=1S/C24H30O4/c1-24(2,28-19-21-14-8-4-9-15-21)17-11-5-10-16-22(25)23(26)27-18-20-12-6-3-7-13-20/h3-4,6-9,12-15H,5,10-11,16-19H2,1-2H3. The quantitative estimate of drug-likeness (QED) is 0.286. The average molecular weight is 383 g/mol. The van der Waals surface area contributed by atoms with E-state index in [9.17, 15) is 9.59 Å². The zero-order valence-electron chi connectivity index (χ0n) is 16.9. The second-order valence-electron chi connectivity index (χ2n) is 7.58. The summed E-state index contributed by atoms with van der Waals surface area (Å²) in [6.07, 6.45) is 3.67. The molecule has 0 aliphatic heterocycles. The van der Waals surface area contributed by atoms with E-state index in [1.807, 2.05) is 48.5 Å². The predicted molar refractivity (Wildman–Crippen MR) is 110 cm³/mol. The molecule has 0 bridgehead atoms. The van der Waals surface area contributed by atoms with Crippen LogP contribution in [-0.4, -0.2) is 17.4 Å². The molecule has 2 rings (SSSR count). The van der Waals surface area contributed by atoms with E-state index in [1.54, 1.807) is 0 Å². The van der Waals surface area contributed by atoms with Gasteiger partial charge in [-0.25, -0.2) is 4.79 Å². The van der Waals surface area contributed by atoms with Crippen molar-refractivity contribution in [2.24, 2.45) is 0 Å². The van der Waals surface area contributed by atoms with Crippen LogP contribution in [0, 0.1) is 0 Å². The first-order valence-corrected chi connectivity index (χ1v) is 9.88. The molecule has 0 N–H and O–H groups in total. The highest BCUT2D eigenvalue weighted by Crippen LogP contribution is 2.21. The fourth-order valence-corrected chi connectivity index (χ4v) is 2.84. The van der Waals surface area contributed by atoms with Crippen LogP contribution in [-0.2, 0) is 32.3 Å². The highest BCUT2D eigenvalue weighted by Gasteiger charge is 2.19. The number of hydrogen-bond acceptors (Lipinski definition) is 4. The Morgan fingerprint density at radius 2 is 1.36 bits per heavy atom. The van der Waals surface area contributed by atoms with E-state index in [1.165, 1.54) is 0 Å². The summed E-state index contributed by atoms with van der Waals surface area (Å²) in [6, 6.07) is 19.5.